The summed E-state index contributed by atoms with van der Waals surface area (Å²) in [5.41, 5.74) is 6.50. The SMILES string of the molecule is CN=C(N)NCCNc1ccncc1.I. The third-order valence-corrected chi connectivity index (χ3v) is 1.68. The zero-order valence-corrected chi connectivity index (χ0v) is 10.9. The van der Waals surface area contributed by atoms with Crippen LogP contribution in [0, 0.1) is 0 Å². The predicted octanol–water partition coefficient (Wildman–Crippen LogP) is 0.646. The maximum absolute atomic E-state index is 5.45. The minimum Gasteiger partial charge on any atom is -0.383 e. The summed E-state index contributed by atoms with van der Waals surface area (Å²) >= 11 is 0. The van der Waals surface area contributed by atoms with Crippen molar-refractivity contribution >= 4 is 35.6 Å². The Morgan fingerprint density at radius 2 is 2.07 bits per heavy atom. The minimum atomic E-state index is 0. The fourth-order valence-electron chi connectivity index (χ4n) is 0.946. The van der Waals surface area contributed by atoms with Crippen molar-refractivity contribution in [3.63, 3.8) is 0 Å². The van der Waals surface area contributed by atoms with E-state index >= 15 is 0 Å². The molecule has 0 aliphatic heterocycles. The molecule has 84 valence electrons. The van der Waals surface area contributed by atoms with E-state index in [2.05, 4.69) is 20.6 Å². The molecule has 1 heterocycles. The Morgan fingerprint density at radius 1 is 1.40 bits per heavy atom. The van der Waals surface area contributed by atoms with Gasteiger partial charge < -0.3 is 16.4 Å². The molecule has 0 aromatic carbocycles. The monoisotopic (exact) mass is 321 g/mol. The zero-order chi connectivity index (χ0) is 10.2. The summed E-state index contributed by atoms with van der Waals surface area (Å²) in [6.07, 6.45) is 3.50. The Kier molecular flexibility index (Phi) is 7.69. The van der Waals surface area contributed by atoms with Crippen LogP contribution in [0.4, 0.5) is 5.69 Å². The highest BCUT2D eigenvalue weighted by atomic mass is 127. The molecule has 0 radical (unpaired) electrons. The Bertz CT molecular complexity index is 288. The fraction of sp³-hybridized carbons (Fsp3) is 0.333. The molecule has 1 aromatic rings. The minimum absolute atomic E-state index is 0. The lowest BCUT2D eigenvalue weighted by Crippen LogP contribution is -2.34. The van der Waals surface area contributed by atoms with E-state index in [4.69, 9.17) is 5.73 Å². The van der Waals surface area contributed by atoms with Crippen LogP contribution in [-0.2, 0) is 0 Å². The van der Waals surface area contributed by atoms with Gasteiger partial charge in [-0.05, 0) is 12.1 Å². The average molecular weight is 321 g/mol. The molecule has 0 aliphatic rings. The van der Waals surface area contributed by atoms with Crippen LogP contribution < -0.4 is 16.4 Å². The number of aromatic nitrogens is 1. The molecule has 0 bridgehead atoms. The van der Waals surface area contributed by atoms with Gasteiger partial charge in [0.2, 0.25) is 0 Å². The molecule has 1 aromatic heterocycles. The second-order valence-corrected chi connectivity index (χ2v) is 2.70. The highest BCUT2D eigenvalue weighted by Crippen LogP contribution is 2.01. The van der Waals surface area contributed by atoms with Crippen molar-refractivity contribution in [3.05, 3.63) is 24.5 Å². The van der Waals surface area contributed by atoms with Crippen LogP contribution in [0.1, 0.15) is 0 Å². The molecule has 0 saturated carbocycles. The van der Waals surface area contributed by atoms with Crippen LogP contribution in [0.25, 0.3) is 0 Å². The quantitative estimate of drug-likeness (QED) is 0.329. The second-order valence-electron chi connectivity index (χ2n) is 2.70. The maximum atomic E-state index is 5.45. The van der Waals surface area contributed by atoms with Crippen molar-refractivity contribution < 1.29 is 0 Å². The van der Waals surface area contributed by atoms with Crippen molar-refractivity contribution in [2.24, 2.45) is 10.7 Å². The van der Waals surface area contributed by atoms with Gasteiger partial charge in [0.05, 0.1) is 0 Å². The number of hydrogen-bond donors (Lipinski definition) is 3. The topological polar surface area (TPSA) is 75.3 Å². The van der Waals surface area contributed by atoms with Gasteiger partial charge in [-0.1, -0.05) is 0 Å². The molecule has 0 spiro atoms. The first-order valence-electron chi connectivity index (χ1n) is 4.43. The molecule has 0 fully saturated rings. The van der Waals surface area contributed by atoms with Crippen LogP contribution >= 0.6 is 24.0 Å². The lowest BCUT2D eigenvalue weighted by atomic mass is 10.4. The van der Waals surface area contributed by atoms with Crippen molar-refractivity contribution in [2.45, 2.75) is 0 Å². The Hall–Kier alpha value is -1.05. The molecule has 6 heteroatoms. The maximum Gasteiger partial charge on any atom is 0.188 e. The van der Waals surface area contributed by atoms with Gasteiger partial charge in [-0.25, -0.2) is 0 Å². The third-order valence-electron chi connectivity index (χ3n) is 1.68. The van der Waals surface area contributed by atoms with E-state index in [1.54, 1.807) is 19.4 Å². The van der Waals surface area contributed by atoms with E-state index < -0.39 is 0 Å². The van der Waals surface area contributed by atoms with Crippen LogP contribution in [0.15, 0.2) is 29.5 Å². The number of guanidine groups is 1. The molecule has 4 N–H and O–H groups in total. The van der Waals surface area contributed by atoms with Crippen molar-refractivity contribution in [1.82, 2.24) is 10.3 Å². The number of anilines is 1. The summed E-state index contributed by atoms with van der Waals surface area (Å²) in [5.74, 6) is 0.460. The normalized spacial score (nSPS) is 10.3. The van der Waals surface area contributed by atoms with Gasteiger partial charge in [0.25, 0.3) is 0 Å². The van der Waals surface area contributed by atoms with Gasteiger partial charge >= 0.3 is 0 Å². The molecule has 15 heavy (non-hydrogen) atoms. The number of rotatable bonds is 4. The van der Waals surface area contributed by atoms with E-state index in [0.29, 0.717) is 5.96 Å². The molecular formula is C9H16IN5. The standard InChI is InChI=1S/C9H15N5.HI/c1-11-9(10)14-7-6-13-8-2-4-12-5-3-8;/h2-5H,6-7H2,1H3,(H,12,13)(H3,10,11,14);1H. The van der Waals surface area contributed by atoms with Gasteiger partial charge in [0.1, 0.15) is 0 Å². The summed E-state index contributed by atoms with van der Waals surface area (Å²) in [4.78, 5) is 7.70. The average Bonchev–Trinajstić information content (AvgIpc) is 2.25. The first-order chi connectivity index (χ1) is 6.83. The number of hydrogen-bond acceptors (Lipinski definition) is 3. The highest BCUT2D eigenvalue weighted by molar-refractivity contribution is 14.0. The van der Waals surface area contributed by atoms with E-state index in [1.165, 1.54) is 0 Å². The third kappa shape index (κ3) is 6.10. The van der Waals surface area contributed by atoms with Gasteiger partial charge in [-0.3, -0.25) is 9.98 Å². The van der Waals surface area contributed by atoms with E-state index in [-0.39, 0.29) is 24.0 Å². The summed E-state index contributed by atoms with van der Waals surface area (Å²) in [7, 11) is 1.65. The van der Waals surface area contributed by atoms with Gasteiger partial charge in [0, 0.05) is 38.2 Å². The number of nitrogens with one attached hydrogen (secondary N) is 2. The molecule has 0 amide bonds. The first-order valence-corrected chi connectivity index (χ1v) is 4.43. The van der Waals surface area contributed by atoms with E-state index in [0.717, 1.165) is 18.8 Å². The van der Waals surface area contributed by atoms with Crippen LogP contribution in [0.2, 0.25) is 0 Å². The number of halogens is 1. The van der Waals surface area contributed by atoms with Gasteiger partial charge in [0.15, 0.2) is 5.96 Å². The van der Waals surface area contributed by atoms with Crippen LogP contribution in [0.3, 0.4) is 0 Å². The lowest BCUT2D eigenvalue weighted by molar-refractivity contribution is 0.895. The van der Waals surface area contributed by atoms with Gasteiger partial charge in [-0.15, -0.1) is 24.0 Å². The predicted molar refractivity (Wildman–Crippen MR) is 73.7 cm³/mol. The number of nitrogens with two attached hydrogens (primary N) is 1. The molecular weight excluding hydrogens is 305 g/mol. The van der Waals surface area contributed by atoms with E-state index in [9.17, 15) is 0 Å². The van der Waals surface area contributed by atoms with Crippen LogP contribution in [0.5, 0.6) is 0 Å². The molecule has 0 saturated heterocycles. The molecule has 5 nitrogen and oxygen atoms in total. The van der Waals surface area contributed by atoms with E-state index in [1.807, 2.05) is 12.1 Å². The summed E-state index contributed by atoms with van der Waals surface area (Å²) in [6, 6.07) is 3.83. The lowest BCUT2D eigenvalue weighted by Gasteiger charge is -2.07. The first kappa shape index (κ1) is 13.9. The number of aliphatic imine (C=N–C) groups is 1. The Labute approximate surface area is 107 Å². The smallest absolute Gasteiger partial charge is 0.188 e. The number of pyridine rings is 1. The zero-order valence-electron chi connectivity index (χ0n) is 8.60. The highest BCUT2D eigenvalue weighted by Gasteiger charge is 1.90. The number of nitrogens with zero attached hydrogens (tertiary/aromatic N) is 2. The Balaban J connectivity index is 0.00000196. The molecule has 0 unspecified atom stereocenters. The summed E-state index contributed by atoms with van der Waals surface area (Å²) < 4.78 is 0. The van der Waals surface area contributed by atoms with Crippen LogP contribution in [-0.4, -0.2) is 31.1 Å². The molecule has 0 atom stereocenters. The largest absolute Gasteiger partial charge is 0.383 e. The van der Waals surface area contributed by atoms with Crippen molar-refractivity contribution in [1.29, 1.82) is 0 Å². The second kappa shape index (κ2) is 8.27. The Morgan fingerprint density at radius 3 is 2.67 bits per heavy atom. The molecule has 1 rings (SSSR count). The summed E-state index contributed by atoms with van der Waals surface area (Å²) in [5, 5.41) is 6.16. The summed E-state index contributed by atoms with van der Waals surface area (Å²) in [6.45, 7) is 1.53. The van der Waals surface area contributed by atoms with Crippen molar-refractivity contribution in [3.8, 4) is 0 Å². The van der Waals surface area contributed by atoms with Gasteiger partial charge in [-0.2, -0.15) is 0 Å². The van der Waals surface area contributed by atoms with Crippen molar-refractivity contribution in [2.75, 3.05) is 25.5 Å². The fourth-order valence-corrected chi connectivity index (χ4v) is 0.946. The molecule has 0 aliphatic carbocycles.